The largest absolute Gasteiger partial charge is 0.493 e. The zero-order valence-electron chi connectivity index (χ0n) is 12.2. The van der Waals surface area contributed by atoms with E-state index < -0.39 is 0 Å². The molecule has 3 nitrogen and oxygen atoms in total. The van der Waals surface area contributed by atoms with E-state index in [2.05, 4.69) is 58.2 Å². The first-order valence-corrected chi connectivity index (χ1v) is 8.05. The second kappa shape index (κ2) is 6.23. The van der Waals surface area contributed by atoms with E-state index in [-0.39, 0.29) is 6.04 Å². The molecule has 1 aliphatic heterocycles. The summed E-state index contributed by atoms with van der Waals surface area (Å²) in [6, 6.07) is 13.0. The number of halogens is 1. The number of ether oxygens (including phenoxy) is 2. The molecule has 1 unspecified atom stereocenters. The van der Waals surface area contributed by atoms with Crippen LogP contribution in [-0.2, 0) is 6.42 Å². The molecular weight excluding hydrogens is 377 g/mol. The topological polar surface area (TPSA) is 30.5 Å². The lowest BCUT2D eigenvalue weighted by Crippen LogP contribution is -2.31. The minimum atomic E-state index is 0.211. The summed E-state index contributed by atoms with van der Waals surface area (Å²) in [6.45, 7) is 0.937. The van der Waals surface area contributed by atoms with Crippen LogP contribution in [0.15, 0.2) is 36.4 Å². The van der Waals surface area contributed by atoms with E-state index in [9.17, 15) is 0 Å². The fourth-order valence-electron chi connectivity index (χ4n) is 2.97. The van der Waals surface area contributed by atoms with Crippen molar-refractivity contribution in [3.05, 3.63) is 56.7 Å². The van der Waals surface area contributed by atoms with Crippen LogP contribution in [0.2, 0.25) is 0 Å². The quantitative estimate of drug-likeness (QED) is 0.807. The molecule has 2 aromatic rings. The Morgan fingerprint density at radius 3 is 2.71 bits per heavy atom. The minimum absolute atomic E-state index is 0.211. The molecule has 1 atom stereocenters. The third kappa shape index (κ3) is 2.74. The number of hydrogen-bond acceptors (Lipinski definition) is 3. The summed E-state index contributed by atoms with van der Waals surface area (Å²) in [7, 11) is 3.39. The van der Waals surface area contributed by atoms with Crippen molar-refractivity contribution in [2.75, 3.05) is 20.8 Å². The maximum Gasteiger partial charge on any atom is 0.164 e. The van der Waals surface area contributed by atoms with Gasteiger partial charge in [0.2, 0.25) is 0 Å². The third-order valence-electron chi connectivity index (χ3n) is 3.90. The van der Waals surface area contributed by atoms with Crippen molar-refractivity contribution in [2.45, 2.75) is 12.5 Å². The van der Waals surface area contributed by atoms with Crippen molar-refractivity contribution in [1.82, 2.24) is 5.32 Å². The van der Waals surface area contributed by atoms with Gasteiger partial charge in [0, 0.05) is 15.7 Å². The maximum atomic E-state index is 5.59. The first kappa shape index (κ1) is 14.7. The van der Waals surface area contributed by atoms with Gasteiger partial charge in [0.05, 0.1) is 20.3 Å². The molecule has 21 heavy (non-hydrogen) atoms. The summed E-state index contributed by atoms with van der Waals surface area (Å²) in [5, 5.41) is 3.61. The molecular formula is C17H18INO2. The smallest absolute Gasteiger partial charge is 0.164 e. The Morgan fingerprint density at radius 2 is 2.00 bits per heavy atom. The number of methoxy groups -OCH3 is 2. The molecule has 1 aliphatic rings. The molecule has 2 aromatic carbocycles. The Balaban J connectivity index is 2.10. The van der Waals surface area contributed by atoms with E-state index in [1.807, 2.05) is 6.07 Å². The molecule has 1 N–H and O–H groups in total. The van der Waals surface area contributed by atoms with Gasteiger partial charge >= 0.3 is 0 Å². The van der Waals surface area contributed by atoms with E-state index in [1.165, 1.54) is 20.3 Å². The molecule has 0 spiro atoms. The highest BCUT2D eigenvalue weighted by Crippen LogP contribution is 2.39. The number of fused-ring (bicyclic) bond motifs is 1. The lowest BCUT2D eigenvalue weighted by atomic mass is 9.89. The van der Waals surface area contributed by atoms with Crippen molar-refractivity contribution < 1.29 is 9.47 Å². The summed E-state index contributed by atoms with van der Waals surface area (Å²) >= 11 is 2.35. The first-order valence-electron chi connectivity index (χ1n) is 6.97. The standard InChI is InChI=1S/C17H18INO2/c1-20-15-7-6-13-14(17(15)21-2)8-9-19-16(13)11-4-3-5-12(18)10-11/h3-7,10,16,19H,8-9H2,1-2H3. The monoisotopic (exact) mass is 395 g/mol. The molecule has 0 saturated carbocycles. The summed E-state index contributed by atoms with van der Waals surface area (Å²) in [6.07, 6.45) is 0.954. The van der Waals surface area contributed by atoms with Crippen LogP contribution < -0.4 is 14.8 Å². The number of hydrogen-bond donors (Lipinski definition) is 1. The molecule has 4 heteroatoms. The average Bonchev–Trinajstić information content (AvgIpc) is 2.53. The van der Waals surface area contributed by atoms with Crippen molar-refractivity contribution in [3.8, 4) is 11.5 Å². The highest BCUT2D eigenvalue weighted by molar-refractivity contribution is 14.1. The number of nitrogens with one attached hydrogen (secondary N) is 1. The second-order valence-electron chi connectivity index (χ2n) is 5.06. The van der Waals surface area contributed by atoms with Gasteiger partial charge in [-0.15, -0.1) is 0 Å². The predicted octanol–water partition coefficient (Wildman–Crippen LogP) is 3.54. The van der Waals surface area contributed by atoms with E-state index in [0.29, 0.717) is 0 Å². The van der Waals surface area contributed by atoms with E-state index in [4.69, 9.17) is 9.47 Å². The van der Waals surface area contributed by atoms with Crippen molar-refractivity contribution >= 4 is 22.6 Å². The highest BCUT2D eigenvalue weighted by Gasteiger charge is 2.25. The van der Waals surface area contributed by atoms with Gasteiger partial charge in [-0.25, -0.2) is 0 Å². The Labute approximate surface area is 138 Å². The molecule has 0 fully saturated rings. The molecule has 0 amide bonds. The van der Waals surface area contributed by atoms with Crippen LogP contribution in [0.3, 0.4) is 0 Å². The molecule has 110 valence electrons. The summed E-state index contributed by atoms with van der Waals surface area (Å²) in [5.41, 5.74) is 3.82. The van der Waals surface area contributed by atoms with E-state index >= 15 is 0 Å². The van der Waals surface area contributed by atoms with Crippen molar-refractivity contribution in [1.29, 1.82) is 0 Å². The Hall–Kier alpha value is -1.27. The maximum absolute atomic E-state index is 5.59. The molecule has 0 radical (unpaired) electrons. The SMILES string of the molecule is COc1ccc2c(c1OC)CCNC2c1cccc(I)c1. The van der Waals surface area contributed by atoms with Gasteiger partial charge in [0.15, 0.2) is 11.5 Å². The van der Waals surface area contributed by atoms with Gasteiger partial charge in [-0.2, -0.15) is 0 Å². The lowest BCUT2D eigenvalue weighted by Gasteiger charge is -2.29. The van der Waals surface area contributed by atoms with Crippen LogP contribution in [0, 0.1) is 3.57 Å². The van der Waals surface area contributed by atoms with Crippen LogP contribution in [0.1, 0.15) is 22.7 Å². The zero-order valence-corrected chi connectivity index (χ0v) is 14.3. The normalized spacial score (nSPS) is 17.2. The fourth-order valence-corrected chi connectivity index (χ4v) is 3.54. The van der Waals surface area contributed by atoms with E-state index in [1.54, 1.807) is 14.2 Å². The Kier molecular flexibility index (Phi) is 4.35. The zero-order chi connectivity index (χ0) is 14.8. The van der Waals surface area contributed by atoms with Gasteiger partial charge in [-0.3, -0.25) is 0 Å². The first-order chi connectivity index (χ1) is 10.2. The number of benzene rings is 2. The summed E-state index contributed by atoms with van der Waals surface area (Å²) < 4.78 is 12.3. The van der Waals surface area contributed by atoms with Crippen molar-refractivity contribution in [3.63, 3.8) is 0 Å². The lowest BCUT2D eigenvalue weighted by molar-refractivity contribution is 0.348. The minimum Gasteiger partial charge on any atom is -0.493 e. The van der Waals surface area contributed by atoms with Crippen LogP contribution in [0.4, 0.5) is 0 Å². The average molecular weight is 395 g/mol. The van der Waals surface area contributed by atoms with Gasteiger partial charge in [0.1, 0.15) is 0 Å². The van der Waals surface area contributed by atoms with Crippen LogP contribution in [0.5, 0.6) is 11.5 Å². The van der Waals surface area contributed by atoms with Crippen LogP contribution in [-0.4, -0.2) is 20.8 Å². The Morgan fingerprint density at radius 1 is 1.14 bits per heavy atom. The van der Waals surface area contributed by atoms with E-state index in [0.717, 1.165) is 24.5 Å². The number of rotatable bonds is 3. The third-order valence-corrected chi connectivity index (χ3v) is 4.57. The van der Waals surface area contributed by atoms with Gasteiger partial charge in [-0.05, 0) is 58.3 Å². The van der Waals surface area contributed by atoms with Crippen LogP contribution in [0.25, 0.3) is 0 Å². The molecule has 0 aliphatic carbocycles. The summed E-state index contributed by atoms with van der Waals surface area (Å²) in [5.74, 6) is 1.67. The van der Waals surface area contributed by atoms with Crippen molar-refractivity contribution in [2.24, 2.45) is 0 Å². The van der Waals surface area contributed by atoms with Gasteiger partial charge < -0.3 is 14.8 Å². The second-order valence-corrected chi connectivity index (χ2v) is 6.31. The summed E-state index contributed by atoms with van der Waals surface area (Å²) in [4.78, 5) is 0. The molecule has 3 rings (SSSR count). The predicted molar refractivity (Wildman–Crippen MR) is 92.3 cm³/mol. The fraction of sp³-hybridized carbons (Fsp3) is 0.294. The molecule has 0 aromatic heterocycles. The molecule has 0 saturated heterocycles. The molecule has 0 bridgehead atoms. The van der Waals surface area contributed by atoms with Crippen LogP contribution >= 0.6 is 22.6 Å². The van der Waals surface area contributed by atoms with Gasteiger partial charge in [-0.1, -0.05) is 18.2 Å². The highest BCUT2D eigenvalue weighted by atomic mass is 127. The van der Waals surface area contributed by atoms with Gasteiger partial charge in [0.25, 0.3) is 0 Å². The molecule has 1 heterocycles. The Bertz CT molecular complexity index is 657.